The average Bonchev–Trinajstić information content (AvgIpc) is 3.21. The minimum absolute atomic E-state index is 0. The Morgan fingerprint density at radius 2 is 1.39 bits per heavy atom. The predicted octanol–water partition coefficient (Wildman–Crippen LogP) is 6.17. The van der Waals surface area contributed by atoms with Crippen molar-refractivity contribution in [1.82, 2.24) is 30.0 Å². The summed E-state index contributed by atoms with van der Waals surface area (Å²) in [6.07, 6.45) is 7.50. The molecule has 6 nitrogen and oxygen atoms in total. The van der Waals surface area contributed by atoms with Crippen LogP contribution in [0.25, 0.3) is 0 Å². The van der Waals surface area contributed by atoms with Crippen molar-refractivity contribution in [2.45, 2.75) is 108 Å². The van der Waals surface area contributed by atoms with Crippen LogP contribution in [0.2, 0.25) is 0 Å². The van der Waals surface area contributed by atoms with Gasteiger partial charge in [-0.15, -0.1) is 10.2 Å². The number of aryl methyl sites for hydroxylation is 2. The van der Waals surface area contributed by atoms with E-state index in [1.165, 1.54) is 12.8 Å². The Morgan fingerprint density at radius 3 is 1.82 bits per heavy atom. The molecule has 0 aliphatic rings. The van der Waals surface area contributed by atoms with E-state index in [1.54, 1.807) is 0 Å². The van der Waals surface area contributed by atoms with Gasteiger partial charge in [0.25, 0.3) is 0 Å². The van der Waals surface area contributed by atoms with Crippen LogP contribution >= 0.6 is 0 Å². The van der Waals surface area contributed by atoms with Gasteiger partial charge in [0, 0.05) is 25.0 Å². The van der Waals surface area contributed by atoms with Gasteiger partial charge in [-0.05, 0) is 50.9 Å². The molecule has 0 atom stereocenters. The van der Waals surface area contributed by atoms with Crippen LogP contribution < -0.4 is 0 Å². The summed E-state index contributed by atoms with van der Waals surface area (Å²) in [6.45, 7) is 18.4. The summed E-state index contributed by atoms with van der Waals surface area (Å²) in [5, 5.41) is 16.4. The lowest BCUT2D eigenvalue weighted by Gasteiger charge is -2.02. The first-order chi connectivity index (χ1) is 12.2. The van der Waals surface area contributed by atoms with E-state index in [4.69, 9.17) is 0 Å². The molecule has 0 fully saturated rings. The van der Waals surface area contributed by atoms with Crippen molar-refractivity contribution in [3.63, 3.8) is 0 Å². The van der Waals surface area contributed by atoms with Crippen LogP contribution in [-0.2, 0) is 13.0 Å². The minimum Gasteiger partial charge on any atom is -0.252 e. The van der Waals surface area contributed by atoms with Crippen molar-refractivity contribution in [3.8, 4) is 0 Å². The molecule has 2 heterocycles. The fourth-order valence-corrected chi connectivity index (χ4v) is 2.19. The van der Waals surface area contributed by atoms with Crippen LogP contribution in [-0.4, -0.2) is 30.0 Å². The quantitative estimate of drug-likeness (QED) is 0.537. The molecule has 28 heavy (non-hydrogen) atoms. The third-order valence-electron chi connectivity index (χ3n) is 4.15. The van der Waals surface area contributed by atoms with Gasteiger partial charge in [-0.25, -0.2) is 4.68 Å². The normalized spacial score (nSPS) is 10.7. The maximum absolute atomic E-state index is 4.12. The SMILES string of the molecule is C.C.CC(C)CCc1cn(C(C)C)nn1.CC(C)CCn1cc(C(C)C)nn1. The lowest BCUT2D eigenvalue weighted by molar-refractivity contribution is 0.478. The van der Waals surface area contributed by atoms with Gasteiger partial charge >= 0.3 is 0 Å². The molecule has 0 bridgehead atoms. The van der Waals surface area contributed by atoms with Crippen LogP contribution in [0.4, 0.5) is 0 Å². The largest absolute Gasteiger partial charge is 0.252 e. The van der Waals surface area contributed by atoms with Gasteiger partial charge in [0.2, 0.25) is 0 Å². The molecule has 6 heteroatoms. The van der Waals surface area contributed by atoms with Crippen LogP contribution in [0, 0.1) is 11.8 Å². The Balaban J connectivity index is 0. The zero-order chi connectivity index (χ0) is 19.7. The highest BCUT2D eigenvalue weighted by Crippen LogP contribution is 2.10. The van der Waals surface area contributed by atoms with Gasteiger partial charge in [0.05, 0.1) is 11.4 Å². The standard InChI is InChI=1S/2C10H19N3.2CH4/c1-8(2)5-6-13-7-10(9(3)4)11-12-13;1-8(2)5-6-10-7-13(9(3)4)12-11-10;;/h2*7-9H,5-6H2,1-4H3;2*1H4. The number of nitrogens with zero attached hydrogens (tertiary/aromatic N) is 6. The van der Waals surface area contributed by atoms with E-state index in [-0.39, 0.29) is 14.9 Å². The molecular formula is C22H46N6. The molecule has 0 unspecified atom stereocenters. The van der Waals surface area contributed by atoms with Crippen LogP contribution in [0.1, 0.15) is 106 Å². The second kappa shape index (κ2) is 14.3. The van der Waals surface area contributed by atoms with E-state index in [0.29, 0.717) is 12.0 Å². The Hall–Kier alpha value is -1.72. The smallest absolute Gasteiger partial charge is 0.0852 e. The first kappa shape index (κ1) is 28.5. The Morgan fingerprint density at radius 1 is 0.786 bits per heavy atom. The molecule has 2 rings (SSSR count). The first-order valence-corrected chi connectivity index (χ1v) is 9.99. The summed E-state index contributed by atoms with van der Waals surface area (Å²) in [6, 6.07) is 0.417. The highest BCUT2D eigenvalue weighted by molar-refractivity contribution is 4.98. The Bertz CT molecular complexity index is 556. The Kier molecular flexibility index (Phi) is 14.6. The van der Waals surface area contributed by atoms with Gasteiger partial charge in [-0.1, -0.05) is 66.8 Å². The third-order valence-corrected chi connectivity index (χ3v) is 4.15. The molecule has 0 aromatic carbocycles. The Labute approximate surface area is 174 Å². The zero-order valence-electron chi connectivity index (χ0n) is 18.0. The molecule has 0 amide bonds. The van der Waals surface area contributed by atoms with Gasteiger partial charge in [-0.2, -0.15) is 0 Å². The van der Waals surface area contributed by atoms with Gasteiger partial charge in [-0.3, -0.25) is 4.68 Å². The topological polar surface area (TPSA) is 61.4 Å². The molecule has 164 valence electrons. The summed E-state index contributed by atoms with van der Waals surface area (Å²) in [4.78, 5) is 0. The maximum atomic E-state index is 4.12. The van der Waals surface area contributed by atoms with Gasteiger partial charge in [0.1, 0.15) is 0 Å². The molecule has 0 radical (unpaired) electrons. The average molecular weight is 395 g/mol. The monoisotopic (exact) mass is 394 g/mol. The number of aromatic nitrogens is 6. The van der Waals surface area contributed by atoms with E-state index >= 15 is 0 Å². The second-order valence-corrected chi connectivity index (χ2v) is 8.46. The van der Waals surface area contributed by atoms with Crippen molar-refractivity contribution < 1.29 is 0 Å². The maximum Gasteiger partial charge on any atom is 0.0852 e. The molecule has 0 aliphatic heterocycles. The van der Waals surface area contributed by atoms with Crippen LogP contribution in [0.3, 0.4) is 0 Å². The molecule has 0 saturated heterocycles. The van der Waals surface area contributed by atoms with Gasteiger partial charge in [0.15, 0.2) is 0 Å². The van der Waals surface area contributed by atoms with E-state index in [0.717, 1.165) is 36.2 Å². The summed E-state index contributed by atoms with van der Waals surface area (Å²) in [5.41, 5.74) is 2.20. The first-order valence-electron chi connectivity index (χ1n) is 9.99. The second-order valence-electron chi connectivity index (χ2n) is 8.46. The highest BCUT2D eigenvalue weighted by atomic mass is 15.4. The summed E-state index contributed by atoms with van der Waals surface area (Å²) in [7, 11) is 0. The summed E-state index contributed by atoms with van der Waals surface area (Å²) in [5.74, 6) is 1.95. The van der Waals surface area contributed by atoms with Crippen molar-refractivity contribution in [2.24, 2.45) is 11.8 Å². The zero-order valence-corrected chi connectivity index (χ0v) is 18.0. The summed E-state index contributed by atoms with van der Waals surface area (Å²) < 4.78 is 3.85. The van der Waals surface area contributed by atoms with Crippen molar-refractivity contribution in [2.75, 3.05) is 0 Å². The number of hydrogen-bond acceptors (Lipinski definition) is 4. The molecule has 0 saturated carbocycles. The fourth-order valence-electron chi connectivity index (χ4n) is 2.19. The van der Waals surface area contributed by atoms with Crippen LogP contribution in [0.5, 0.6) is 0 Å². The molecular weight excluding hydrogens is 348 g/mol. The molecule has 0 spiro atoms. The van der Waals surface area contributed by atoms with Crippen LogP contribution in [0.15, 0.2) is 12.4 Å². The summed E-state index contributed by atoms with van der Waals surface area (Å²) >= 11 is 0. The molecule has 0 aliphatic carbocycles. The van der Waals surface area contributed by atoms with E-state index in [9.17, 15) is 0 Å². The van der Waals surface area contributed by atoms with E-state index in [2.05, 4.69) is 76.0 Å². The number of hydrogen-bond donors (Lipinski definition) is 0. The van der Waals surface area contributed by atoms with E-state index < -0.39 is 0 Å². The lowest BCUT2D eigenvalue weighted by Crippen LogP contribution is -2.01. The highest BCUT2D eigenvalue weighted by Gasteiger charge is 2.05. The fraction of sp³-hybridized carbons (Fsp3) is 0.818. The molecule has 2 aromatic rings. The predicted molar refractivity (Wildman–Crippen MR) is 121 cm³/mol. The van der Waals surface area contributed by atoms with Crippen molar-refractivity contribution in [3.05, 3.63) is 23.8 Å². The van der Waals surface area contributed by atoms with Crippen molar-refractivity contribution >= 4 is 0 Å². The minimum atomic E-state index is 0. The van der Waals surface area contributed by atoms with Crippen molar-refractivity contribution in [1.29, 1.82) is 0 Å². The molecule has 0 N–H and O–H groups in total. The van der Waals surface area contributed by atoms with E-state index in [1.807, 2.05) is 21.8 Å². The molecule has 2 aromatic heterocycles. The lowest BCUT2D eigenvalue weighted by atomic mass is 10.1. The number of rotatable bonds is 8. The third kappa shape index (κ3) is 11.2. The van der Waals surface area contributed by atoms with Gasteiger partial charge < -0.3 is 0 Å².